The number of aryl methyl sites for hydroxylation is 2. The molecule has 2 fully saturated rings. The minimum absolute atomic E-state index is 0.00992. The fourth-order valence-corrected chi connectivity index (χ4v) is 6.15. The van der Waals surface area contributed by atoms with Crippen LogP contribution < -0.4 is 0 Å². The molecule has 184 valence electrons. The minimum atomic E-state index is -3.59. The average Bonchev–Trinajstić information content (AvgIpc) is 2.82. The maximum absolute atomic E-state index is 13.1. The van der Waals surface area contributed by atoms with Gasteiger partial charge in [0.15, 0.2) is 0 Å². The van der Waals surface area contributed by atoms with Gasteiger partial charge in [-0.25, -0.2) is 8.42 Å². The van der Waals surface area contributed by atoms with E-state index in [4.69, 9.17) is 4.74 Å². The topological polar surface area (TPSA) is 87.2 Å². The lowest BCUT2D eigenvalue weighted by Gasteiger charge is -2.35. The zero-order valence-corrected chi connectivity index (χ0v) is 20.9. The number of piperazine rings is 1. The predicted molar refractivity (Wildman–Crippen MR) is 126 cm³/mol. The quantitative estimate of drug-likeness (QED) is 0.571. The van der Waals surface area contributed by atoms with Gasteiger partial charge in [-0.3, -0.25) is 9.59 Å². The van der Waals surface area contributed by atoms with Crippen LogP contribution in [0.15, 0.2) is 23.1 Å². The second kappa shape index (κ2) is 11.4. The maximum Gasteiger partial charge on any atom is 0.243 e. The Labute approximate surface area is 197 Å². The molecule has 33 heavy (non-hydrogen) atoms. The molecule has 2 amide bonds. The molecular formula is C24H37N3O5S. The second-order valence-corrected chi connectivity index (χ2v) is 10.9. The van der Waals surface area contributed by atoms with Gasteiger partial charge >= 0.3 is 0 Å². The van der Waals surface area contributed by atoms with Crippen LogP contribution in [0.4, 0.5) is 0 Å². The van der Waals surface area contributed by atoms with Gasteiger partial charge in [0.05, 0.1) is 11.0 Å². The molecule has 2 saturated heterocycles. The molecule has 9 heteroatoms. The Hall–Kier alpha value is -1.97. The molecule has 0 aliphatic carbocycles. The van der Waals surface area contributed by atoms with Crippen molar-refractivity contribution in [3.05, 3.63) is 29.3 Å². The van der Waals surface area contributed by atoms with E-state index in [1.807, 2.05) is 24.0 Å². The summed E-state index contributed by atoms with van der Waals surface area (Å²) in [7, 11) is -3.59. The van der Waals surface area contributed by atoms with Crippen LogP contribution in [0.5, 0.6) is 0 Å². The number of likely N-dealkylation sites (tertiary alicyclic amines) is 1. The van der Waals surface area contributed by atoms with E-state index >= 15 is 0 Å². The molecule has 1 aromatic carbocycles. The molecule has 0 bridgehead atoms. The Morgan fingerprint density at radius 1 is 1.00 bits per heavy atom. The number of piperidine rings is 1. The van der Waals surface area contributed by atoms with Crippen molar-refractivity contribution in [3.63, 3.8) is 0 Å². The largest absolute Gasteiger partial charge is 0.376 e. The Balaban J connectivity index is 1.47. The second-order valence-electron chi connectivity index (χ2n) is 9.03. The highest BCUT2D eigenvalue weighted by Gasteiger charge is 2.31. The van der Waals surface area contributed by atoms with E-state index < -0.39 is 10.0 Å². The van der Waals surface area contributed by atoms with Gasteiger partial charge in [0.25, 0.3) is 0 Å². The molecule has 1 unspecified atom stereocenters. The number of hydrogen-bond donors (Lipinski definition) is 0. The number of carbonyl (C=O) groups is 2. The molecule has 0 spiro atoms. The van der Waals surface area contributed by atoms with E-state index in [1.54, 1.807) is 17.9 Å². The molecule has 2 heterocycles. The highest BCUT2D eigenvalue weighted by Crippen LogP contribution is 2.23. The van der Waals surface area contributed by atoms with Gasteiger partial charge in [-0.05, 0) is 50.3 Å². The number of hydrogen-bond acceptors (Lipinski definition) is 5. The van der Waals surface area contributed by atoms with Crippen LogP contribution in [0.25, 0.3) is 0 Å². The van der Waals surface area contributed by atoms with Gasteiger partial charge in [-0.1, -0.05) is 19.1 Å². The lowest BCUT2D eigenvalue weighted by Crippen LogP contribution is -2.50. The van der Waals surface area contributed by atoms with Gasteiger partial charge in [0, 0.05) is 58.7 Å². The van der Waals surface area contributed by atoms with Crippen molar-refractivity contribution in [2.45, 2.75) is 63.9 Å². The summed E-state index contributed by atoms with van der Waals surface area (Å²) in [6, 6.07) is 5.42. The van der Waals surface area contributed by atoms with Crippen molar-refractivity contribution in [1.82, 2.24) is 14.1 Å². The number of nitrogens with zero attached hydrogens (tertiary/aromatic N) is 3. The third-order valence-electron chi connectivity index (χ3n) is 6.39. The molecule has 0 aromatic heterocycles. The first-order valence-electron chi connectivity index (χ1n) is 12.0. The molecule has 2 aliphatic heterocycles. The van der Waals surface area contributed by atoms with Crippen LogP contribution >= 0.6 is 0 Å². The van der Waals surface area contributed by atoms with Crippen LogP contribution in [-0.2, 0) is 24.3 Å². The SMILES string of the molecule is CCCOC1CCCN(C(=O)CCC(=O)N2CCN(S(=O)(=O)c3cc(C)ccc3C)CC2)C1. The number of ether oxygens (including phenoxy) is 1. The molecule has 1 atom stereocenters. The summed E-state index contributed by atoms with van der Waals surface area (Å²) in [5.41, 5.74) is 1.62. The van der Waals surface area contributed by atoms with Crippen molar-refractivity contribution < 1.29 is 22.7 Å². The van der Waals surface area contributed by atoms with Gasteiger partial charge in [-0.15, -0.1) is 0 Å². The van der Waals surface area contributed by atoms with Crippen LogP contribution in [0, 0.1) is 13.8 Å². The Morgan fingerprint density at radius 3 is 2.33 bits per heavy atom. The van der Waals surface area contributed by atoms with Crippen molar-refractivity contribution >= 4 is 21.8 Å². The van der Waals surface area contributed by atoms with E-state index in [0.717, 1.165) is 30.4 Å². The lowest BCUT2D eigenvalue weighted by atomic mass is 10.1. The van der Waals surface area contributed by atoms with Crippen molar-refractivity contribution in [2.75, 3.05) is 45.9 Å². The molecule has 0 N–H and O–H groups in total. The summed E-state index contributed by atoms with van der Waals surface area (Å²) in [4.78, 5) is 29.1. The van der Waals surface area contributed by atoms with E-state index in [0.29, 0.717) is 37.7 Å². The number of benzene rings is 1. The number of sulfonamides is 1. The number of carbonyl (C=O) groups excluding carboxylic acids is 2. The standard InChI is InChI=1S/C24H37N3O5S/c1-4-16-32-21-6-5-11-26(18-21)24(29)10-9-23(28)25-12-14-27(15-13-25)33(30,31)22-17-19(2)7-8-20(22)3/h7-8,17,21H,4-6,9-16,18H2,1-3H3. The number of amides is 2. The Kier molecular flexibility index (Phi) is 8.89. The fraction of sp³-hybridized carbons (Fsp3) is 0.667. The Morgan fingerprint density at radius 2 is 1.67 bits per heavy atom. The third kappa shape index (κ3) is 6.55. The van der Waals surface area contributed by atoms with Crippen LogP contribution in [0.2, 0.25) is 0 Å². The zero-order valence-electron chi connectivity index (χ0n) is 20.1. The van der Waals surface area contributed by atoms with Crippen molar-refractivity contribution in [3.8, 4) is 0 Å². The average molecular weight is 480 g/mol. The van der Waals surface area contributed by atoms with E-state index in [1.165, 1.54) is 4.31 Å². The first-order valence-corrected chi connectivity index (χ1v) is 13.4. The van der Waals surface area contributed by atoms with E-state index in [9.17, 15) is 18.0 Å². The molecule has 2 aliphatic rings. The summed E-state index contributed by atoms with van der Waals surface area (Å²) in [6.07, 6.45) is 3.27. The third-order valence-corrected chi connectivity index (χ3v) is 8.43. The first-order chi connectivity index (χ1) is 15.7. The summed E-state index contributed by atoms with van der Waals surface area (Å²) < 4.78 is 33.4. The summed E-state index contributed by atoms with van der Waals surface area (Å²) in [6.45, 7) is 8.96. The van der Waals surface area contributed by atoms with Gasteiger partial charge in [-0.2, -0.15) is 4.31 Å². The highest BCUT2D eigenvalue weighted by atomic mass is 32.2. The molecule has 8 nitrogen and oxygen atoms in total. The van der Waals surface area contributed by atoms with Crippen molar-refractivity contribution in [1.29, 1.82) is 0 Å². The normalized spacial score (nSPS) is 20.2. The van der Waals surface area contributed by atoms with Crippen LogP contribution in [0.3, 0.4) is 0 Å². The van der Waals surface area contributed by atoms with Crippen molar-refractivity contribution in [2.24, 2.45) is 0 Å². The molecular weight excluding hydrogens is 442 g/mol. The molecule has 3 rings (SSSR count). The predicted octanol–water partition coefficient (Wildman–Crippen LogP) is 2.33. The highest BCUT2D eigenvalue weighted by molar-refractivity contribution is 7.89. The summed E-state index contributed by atoms with van der Waals surface area (Å²) in [5.74, 6) is -0.104. The summed E-state index contributed by atoms with van der Waals surface area (Å²) >= 11 is 0. The summed E-state index contributed by atoms with van der Waals surface area (Å²) in [5, 5.41) is 0. The fourth-order valence-electron chi connectivity index (χ4n) is 4.42. The molecule has 0 saturated carbocycles. The Bertz CT molecular complexity index is 941. The van der Waals surface area contributed by atoms with E-state index in [-0.39, 0.29) is 43.8 Å². The first kappa shape index (κ1) is 25.6. The lowest BCUT2D eigenvalue weighted by molar-refractivity contribution is -0.139. The minimum Gasteiger partial charge on any atom is -0.376 e. The molecule has 1 aromatic rings. The zero-order chi connectivity index (χ0) is 24.0. The molecule has 0 radical (unpaired) electrons. The van der Waals surface area contributed by atoms with Crippen LogP contribution in [-0.4, -0.2) is 86.3 Å². The smallest absolute Gasteiger partial charge is 0.243 e. The maximum atomic E-state index is 13.1. The van der Waals surface area contributed by atoms with Gasteiger partial charge in [0.1, 0.15) is 0 Å². The van der Waals surface area contributed by atoms with Crippen LogP contribution in [0.1, 0.15) is 50.2 Å². The van der Waals surface area contributed by atoms with E-state index in [2.05, 4.69) is 6.92 Å². The van der Waals surface area contributed by atoms with Gasteiger partial charge < -0.3 is 14.5 Å². The van der Waals surface area contributed by atoms with Gasteiger partial charge in [0.2, 0.25) is 21.8 Å². The monoisotopic (exact) mass is 479 g/mol. The number of rotatable bonds is 8.